The molecule has 0 amide bonds. The van der Waals surface area contributed by atoms with Gasteiger partial charge in [-0.15, -0.1) is 0 Å². The van der Waals surface area contributed by atoms with E-state index in [0.717, 1.165) is 38.7 Å². The van der Waals surface area contributed by atoms with Gasteiger partial charge >= 0.3 is 0 Å². The number of rotatable bonds is 8. The minimum atomic E-state index is -0.0642. The van der Waals surface area contributed by atoms with Gasteiger partial charge in [0.15, 0.2) is 0 Å². The van der Waals surface area contributed by atoms with Crippen LogP contribution in [0.4, 0.5) is 0 Å². The van der Waals surface area contributed by atoms with E-state index in [2.05, 4.69) is 35.6 Å². The van der Waals surface area contributed by atoms with Gasteiger partial charge in [-0.3, -0.25) is 0 Å². The van der Waals surface area contributed by atoms with E-state index in [0.29, 0.717) is 12.1 Å². The van der Waals surface area contributed by atoms with Gasteiger partial charge < -0.3 is 15.2 Å². The van der Waals surface area contributed by atoms with Crippen molar-refractivity contribution in [2.75, 3.05) is 13.2 Å². The Labute approximate surface area is 127 Å². The Bertz CT molecular complexity index is 432. The Kier molecular flexibility index (Phi) is 4.94. The summed E-state index contributed by atoms with van der Waals surface area (Å²) >= 11 is 0. The first kappa shape index (κ1) is 15.0. The summed E-state index contributed by atoms with van der Waals surface area (Å²) in [5, 5.41) is 13.3. The SMILES string of the molecule is OCC1(NC2CC2)CCC(OCCCc2ccccc2)C1. The lowest BCUT2D eigenvalue weighted by molar-refractivity contribution is 0.0453. The molecule has 0 radical (unpaired) electrons. The summed E-state index contributed by atoms with van der Waals surface area (Å²) in [5.41, 5.74) is 1.32. The number of hydrogen-bond donors (Lipinski definition) is 2. The monoisotopic (exact) mass is 289 g/mol. The Morgan fingerprint density at radius 1 is 1.19 bits per heavy atom. The lowest BCUT2D eigenvalue weighted by Gasteiger charge is -2.28. The zero-order valence-electron chi connectivity index (χ0n) is 12.8. The topological polar surface area (TPSA) is 41.5 Å². The summed E-state index contributed by atoms with van der Waals surface area (Å²) < 4.78 is 6.03. The molecule has 3 nitrogen and oxygen atoms in total. The maximum absolute atomic E-state index is 9.71. The maximum atomic E-state index is 9.71. The summed E-state index contributed by atoms with van der Waals surface area (Å²) in [6.07, 6.45) is 8.09. The Morgan fingerprint density at radius 2 is 2.00 bits per heavy atom. The Morgan fingerprint density at radius 3 is 2.71 bits per heavy atom. The second-order valence-corrected chi connectivity index (χ2v) is 6.68. The fourth-order valence-corrected chi connectivity index (χ4v) is 3.37. The fourth-order valence-electron chi connectivity index (χ4n) is 3.37. The van der Waals surface area contributed by atoms with Crippen LogP contribution < -0.4 is 5.32 Å². The molecule has 0 heterocycles. The minimum Gasteiger partial charge on any atom is -0.394 e. The van der Waals surface area contributed by atoms with Crippen molar-refractivity contribution < 1.29 is 9.84 Å². The van der Waals surface area contributed by atoms with E-state index in [1.807, 2.05) is 0 Å². The average molecular weight is 289 g/mol. The van der Waals surface area contributed by atoms with Crippen molar-refractivity contribution in [3.05, 3.63) is 35.9 Å². The van der Waals surface area contributed by atoms with Crippen molar-refractivity contribution in [3.8, 4) is 0 Å². The van der Waals surface area contributed by atoms with E-state index >= 15 is 0 Å². The summed E-state index contributed by atoms with van der Waals surface area (Å²) in [7, 11) is 0. The van der Waals surface area contributed by atoms with Crippen molar-refractivity contribution >= 4 is 0 Å². The smallest absolute Gasteiger partial charge is 0.0614 e. The molecule has 21 heavy (non-hydrogen) atoms. The number of aliphatic hydroxyl groups is 1. The minimum absolute atomic E-state index is 0.0642. The number of aryl methyl sites for hydroxylation is 1. The largest absolute Gasteiger partial charge is 0.394 e. The van der Waals surface area contributed by atoms with Gasteiger partial charge in [0, 0.05) is 18.2 Å². The first-order chi connectivity index (χ1) is 10.3. The van der Waals surface area contributed by atoms with Gasteiger partial charge in [0.05, 0.1) is 12.7 Å². The Balaban J connectivity index is 1.36. The van der Waals surface area contributed by atoms with E-state index < -0.39 is 0 Å². The molecule has 2 aliphatic carbocycles. The highest BCUT2D eigenvalue weighted by atomic mass is 16.5. The van der Waals surface area contributed by atoms with Crippen molar-refractivity contribution in [2.24, 2.45) is 0 Å². The van der Waals surface area contributed by atoms with Crippen molar-refractivity contribution in [3.63, 3.8) is 0 Å². The van der Waals surface area contributed by atoms with Gasteiger partial charge in [0.25, 0.3) is 0 Å². The molecule has 1 aromatic carbocycles. The molecule has 0 aromatic heterocycles. The Hall–Kier alpha value is -0.900. The van der Waals surface area contributed by atoms with Gasteiger partial charge in [0.2, 0.25) is 0 Å². The van der Waals surface area contributed by atoms with Crippen LogP contribution in [-0.2, 0) is 11.2 Å². The second-order valence-electron chi connectivity index (χ2n) is 6.68. The molecule has 1 aromatic rings. The third-order valence-corrected chi connectivity index (χ3v) is 4.76. The zero-order valence-corrected chi connectivity index (χ0v) is 12.8. The lowest BCUT2D eigenvalue weighted by Crippen LogP contribution is -2.48. The number of benzene rings is 1. The van der Waals surface area contributed by atoms with Crippen LogP contribution in [0.2, 0.25) is 0 Å². The van der Waals surface area contributed by atoms with Crippen LogP contribution >= 0.6 is 0 Å². The first-order valence-electron chi connectivity index (χ1n) is 8.34. The van der Waals surface area contributed by atoms with Crippen molar-refractivity contribution in [1.29, 1.82) is 0 Å². The molecule has 0 saturated heterocycles. The highest BCUT2D eigenvalue weighted by Gasteiger charge is 2.42. The molecular formula is C18H27NO2. The van der Waals surface area contributed by atoms with Crippen molar-refractivity contribution in [1.82, 2.24) is 5.32 Å². The summed E-state index contributed by atoms with van der Waals surface area (Å²) in [6.45, 7) is 1.07. The maximum Gasteiger partial charge on any atom is 0.0614 e. The summed E-state index contributed by atoms with van der Waals surface area (Å²) in [4.78, 5) is 0. The third-order valence-electron chi connectivity index (χ3n) is 4.76. The molecule has 2 aliphatic rings. The number of nitrogens with one attached hydrogen (secondary N) is 1. The molecule has 0 bridgehead atoms. The summed E-state index contributed by atoms with van der Waals surface area (Å²) in [5.74, 6) is 0. The van der Waals surface area contributed by atoms with E-state index in [9.17, 15) is 5.11 Å². The highest BCUT2D eigenvalue weighted by Crippen LogP contribution is 2.35. The summed E-state index contributed by atoms with van der Waals surface area (Å²) in [6, 6.07) is 11.2. The number of ether oxygens (including phenoxy) is 1. The normalized spacial score (nSPS) is 28.9. The van der Waals surface area contributed by atoms with Gasteiger partial charge in [-0.05, 0) is 50.5 Å². The van der Waals surface area contributed by atoms with Crippen LogP contribution in [0.25, 0.3) is 0 Å². The van der Waals surface area contributed by atoms with Crippen LogP contribution in [0.3, 0.4) is 0 Å². The first-order valence-corrected chi connectivity index (χ1v) is 8.34. The van der Waals surface area contributed by atoms with Gasteiger partial charge in [-0.25, -0.2) is 0 Å². The predicted octanol–water partition coefficient (Wildman–Crippen LogP) is 2.67. The molecule has 0 spiro atoms. The third kappa shape index (κ3) is 4.29. The fraction of sp³-hybridized carbons (Fsp3) is 0.667. The second kappa shape index (κ2) is 6.91. The molecule has 2 N–H and O–H groups in total. The van der Waals surface area contributed by atoms with E-state index in [1.54, 1.807) is 0 Å². The molecule has 0 aliphatic heterocycles. The highest BCUT2D eigenvalue weighted by molar-refractivity contribution is 5.14. The zero-order chi connectivity index (χ0) is 14.5. The van der Waals surface area contributed by atoms with E-state index in [1.165, 1.54) is 18.4 Å². The molecule has 2 saturated carbocycles. The van der Waals surface area contributed by atoms with E-state index in [4.69, 9.17) is 4.74 Å². The van der Waals surface area contributed by atoms with Gasteiger partial charge in [-0.1, -0.05) is 30.3 Å². The quantitative estimate of drug-likeness (QED) is 0.723. The average Bonchev–Trinajstić information content (AvgIpc) is 3.24. The van der Waals surface area contributed by atoms with Gasteiger partial charge in [0.1, 0.15) is 0 Å². The molecule has 2 fully saturated rings. The molecule has 2 atom stereocenters. The van der Waals surface area contributed by atoms with Crippen LogP contribution in [0.5, 0.6) is 0 Å². The van der Waals surface area contributed by atoms with Gasteiger partial charge in [-0.2, -0.15) is 0 Å². The predicted molar refractivity (Wildman–Crippen MR) is 84.3 cm³/mol. The number of aliphatic hydroxyl groups excluding tert-OH is 1. The molecule has 2 unspecified atom stereocenters. The van der Waals surface area contributed by atoms with Crippen LogP contribution in [0.1, 0.15) is 44.1 Å². The lowest BCUT2D eigenvalue weighted by atomic mass is 9.98. The van der Waals surface area contributed by atoms with E-state index in [-0.39, 0.29) is 12.1 Å². The van der Waals surface area contributed by atoms with Crippen LogP contribution in [-0.4, -0.2) is 36.0 Å². The molecule has 3 rings (SSSR count). The van der Waals surface area contributed by atoms with Crippen LogP contribution in [0, 0.1) is 0 Å². The molecule has 3 heteroatoms. The standard InChI is InChI=1S/C18H27NO2/c20-14-18(19-16-8-9-16)11-10-17(13-18)21-12-4-7-15-5-2-1-3-6-15/h1-3,5-6,16-17,19-20H,4,7-14H2. The van der Waals surface area contributed by atoms with Crippen LogP contribution in [0.15, 0.2) is 30.3 Å². The number of hydrogen-bond acceptors (Lipinski definition) is 3. The molecular weight excluding hydrogens is 262 g/mol. The molecule has 116 valence electrons. The van der Waals surface area contributed by atoms with Crippen molar-refractivity contribution in [2.45, 2.75) is 62.6 Å².